The van der Waals surface area contributed by atoms with Gasteiger partial charge in [-0.25, -0.2) is 4.98 Å². The molecule has 7 rings (SSSR count). The van der Waals surface area contributed by atoms with Crippen molar-refractivity contribution >= 4 is 52.2 Å². The van der Waals surface area contributed by atoms with Crippen LogP contribution in [0.5, 0.6) is 0 Å². The SMILES string of the molecule is O=C1CCC(N2C(=O)c3ccc(NC(=O)CCCCC(=O)N4CCC(n5cc(-c6cnc7ccccc7n6)cn5)CC4)cc3C2=O)C(=O)N1. The van der Waals surface area contributed by atoms with Gasteiger partial charge in [0, 0.05) is 49.8 Å². The van der Waals surface area contributed by atoms with Gasteiger partial charge in [-0.3, -0.25) is 48.6 Å². The van der Waals surface area contributed by atoms with Crippen LogP contribution in [0.1, 0.15) is 78.1 Å². The summed E-state index contributed by atoms with van der Waals surface area (Å²) in [5.74, 6) is -2.59. The van der Waals surface area contributed by atoms with Crippen molar-refractivity contribution in [3.05, 3.63) is 72.2 Å². The molecule has 2 aromatic carbocycles. The van der Waals surface area contributed by atoms with Crippen molar-refractivity contribution in [1.82, 2.24) is 34.9 Å². The number of imide groups is 2. The van der Waals surface area contributed by atoms with Crippen LogP contribution in [-0.4, -0.2) is 84.1 Å². The molecule has 0 bridgehead atoms. The molecule has 3 aliphatic heterocycles. The summed E-state index contributed by atoms with van der Waals surface area (Å²) in [6, 6.07) is 11.3. The Balaban J connectivity index is 0.842. The van der Waals surface area contributed by atoms with Crippen molar-refractivity contribution in [1.29, 1.82) is 0 Å². The Hall–Kier alpha value is -5.79. The van der Waals surface area contributed by atoms with E-state index < -0.39 is 29.7 Å². The first-order valence-corrected chi connectivity index (χ1v) is 16.4. The molecule has 1 atom stereocenters. The van der Waals surface area contributed by atoms with E-state index >= 15 is 0 Å². The molecule has 2 saturated heterocycles. The van der Waals surface area contributed by atoms with Gasteiger partial charge in [0.2, 0.25) is 23.6 Å². The summed E-state index contributed by atoms with van der Waals surface area (Å²) in [4.78, 5) is 87.2. The van der Waals surface area contributed by atoms with Crippen LogP contribution < -0.4 is 10.6 Å². The van der Waals surface area contributed by atoms with Crippen molar-refractivity contribution in [2.45, 2.75) is 63.5 Å². The lowest BCUT2D eigenvalue weighted by atomic mass is 10.0. The molecule has 14 nitrogen and oxygen atoms in total. The summed E-state index contributed by atoms with van der Waals surface area (Å²) < 4.78 is 1.95. The van der Waals surface area contributed by atoms with Gasteiger partial charge in [-0.1, -0.05) is 12.1 Å². The van der Waals surface area contributed by atoms with Crippen molar-refractivity contribution < 1.29 is 28.8 Å². The Bertz CT molecular complexity index is 2000. The van der Waals surface area contributed by atoms with Crippen LogP contribution >= 0.6 is 0 Å². The normalized spacial score (nSPS) is 18.2. The number of nitrogens with zero attached hydrogens (tertiary/aromatic N) is 6. The molecule has 2 aromatic heterocycles. The molecule has 0 saturated carbocycles. The molecule has 250 valence electrons. The third-order valence-corrected chi connectivity index (χ3v) is 9.31. The topological polar surface area (TPSA) is 177 Å². The zero-order valence-electron chi connectivity index (χ0n) is 26.6. The van der Waals surface area contributed by atoms with Gasteiger partial charge < -0.3 is 10.2 Å². The van der Waals surface area contributed by atoms with E-state index in [0.29, 0.717) is 38.0 Å². The number of carbonyl (C=O) groups is 6. The number of unbranched alkanes of at least 4 members (excludes halogenated alkanes) is 1. The van der Waals surface area contributed by atoms with Crippen LogP contribution in [-0.2, 0) is 19.2 Å². The largest absolute Gasteiger partial charge is 0.343 e. The number of nitrogens with one attached hydrogen (secondary N) is 2. The average Bonchev–Trinajstić information content (AvgIpc) is 3.70. The van der Waals surface area contributed by atoms with Gasteiger partial charge in [0.1, 0.15) is 6.04 Å². The number of aromatic nitrogens is 4. The maximum atomic E-state index is 13.0. The molecule has 14 heteroatoms. The number of para-hydroxylation sites is 2. The predicted octanol–water partition coefficient (Wildman–Crippen LogP) is 3.26. The van der Waals surface area contributed by atoms with Gasteiger partial charge in [0.05, 0.1) is 46.3 Å². The zero-order valence-corrected chi connectivity index (χ0v) is 26.6. The first kappa shape index (κ1) is 31.8. The molecule has 49 heavy (non-hydrogen) atoms. The molecule has 2 N–H and O–H groups in total. The minimum absolute atomic E-state index is 0.0342. The highest BCUT2D eigenvalue weighted by molar-refractivity contribution is 6.24. The summed E-state index contributed by atoms with van der Waals surface area (Å²) in [5, 5.41) is 9.49. The van der Waals surface area contributed by atoms with Crippen LogP contribution in [0.15, 0.2) is 61.1 Å². The van der Waals surface area contributed by atoms with Gasteiger partial charge in [0.25, 0.3) is 11.8 Å². The van der Waals surface area contributed by atoms with Crippen LogP contribution in [0.4, 0.5) is 5.69 Å². The molecule has 2 fully saturated rings. The van der Waals surface area contributed by atoms with E-state index in [4.69, 9.17) is 4.98 Å². The third kappa shape index (κ3) is 6.53. The van der Waals surface area contributed by atoms with E-state index in [-0.39, 0.29) is 48.2 Å². The average molecular weight is 663 g/mol. The monoisotopic (exact) mass is 662 g/mol. The fraction of sp³-hybridized carbons (Fsp3) is 0.343. The number of hydrogen-bond donors (Lipinski definition) is 2. The van der Waals surface area contributed by atoms with Gasteiger partial charge in [-0.15, -0.1) is 0 Å². The molecule has 0 aliphatic carbocycles. The lowest BCUT2D eigenvalue weighted by Gasteiger charge is -2.32. The first-order valence-electron chi connectivity index (χ1n) is 16.4. The summed E-state index contributed by atoms with van der Waals surface area (Å²) in [6.07, 6.45) is 8.82. The lowest BCUT2D eigenvalue weighted by molar-refractivity contribution is -0.136. The molecule has 5 heterocycles. The fourth-order valence-corrected chi connectivity index (χ4v) is 6.64. The van der Waals surface area contributed by atoms with E-state index in [1.54, 1.807) is 12.4 Å². The minimum atomic E-state index is -1.06. The highest BCUT2D eigenvalue weighted by Crippen LogP contribution is 2.30. The highest BCUT2D eigenvalue weighted by Gasteiger charge is 2.44. The van der Waals surface area contributed by atoms with Gasteiger partial charge in [-0.05, 0) is 62.4 Å². The van der Waals surface area contributed by atoms with Gasteiger partial charge in [-0.2, -0.15) is 5.10 Å². The second-order valence-electron chi connectivity index (χ2n) is 12.5. The number of piperidine rings is 2. The fourth-order valence-electron chi connectivity index (χ4n) is 6.64. The molecule has 6 amide bonds. The number of rotatable bonds is 9. The third-order valence-electron chi connectivity index (χ3n) is 9.31. The lowest BCUT2D eigenvalue weighted by Crippen LogP contribution is -2.54. The van der Waals surface area contributed by atoms with Crippen LogP contribution in [0.2, 0.25) is 0 Å². The standard InChI is InChI=1S/C35H34N8O6/c44-30(38-22-9-10-24-25(17-22)35(49)43(34(24)48)29-11-12-31(45)40-33(29)47)7-3-4-8-32(46)41-15-13-23(14-16-41)42-20-21(18-37-42)28-19-36-26-5-1-2-6-27(26)39-28/h1-2,5-6,9-10,17-20,23,29H,3-4,7-8,11-16H2,(H,38,44)(H,40,45,47). The Morgan fingerprint density at radius 3 is 2.43 bits per heavy atom. The number of anilines is 1. The Kier molecular flexibility index (Phi) is 8.68. The van der Waals surface area contributed by atoms with E-state index in [1.807, 2.05) is 40.0 Å². The van der Waals surface area contributed by atoms with E-state index in [2.05, 4.69) is 20.7 Å². The number of likely N-dealkylation sites (tertiary alicyclic amines) is 1. The van der Waals surface area contributed by atoms with E-state index in [1.165, 1.54) is 18.2 Å². The van der Waals surface area contributed by atoms with Crippen LogP contribution in [0.25, 0.3) is 22.3 Å². The minimum Gasteiger partial charge on any atom is -0.343 e. The number of fused-ring (bicyclic) bond motifs is 2. The Labute approximate surface area is 280 Å². The number of benzene rings is 2. The molecular formula is C35H34N8O6. The Morgan fingerprint density at radius 1 is 0.878 bits per heavy atom. The molecule has 3 aliphatic rings. The van der Waals surface area contributed by atoms with Crippen LogP contribution in [0.3, 0.4) is 0 Å². The summed E-state index contributed by atoms with van der Waals surface area (Å²) in [7, 11) is 0. The number of amides is 6. The second-order valence-corrected chi connectivity index (χ2v) is 12.5. The van der Waals surface area contributed by atoms with Gasteiger partial charge in [0.15, 0.2) is 0 Å². The maximum Gasteiger partial charge on any atom is 0.262 e. The van der Waals surface area contributed by atoms with E-state index in [0.717, 1.165) is 40.0 Å². The number of hydrogen-bond acceptors (Lipinski definition) is 9. The zero-order chi connectivity index (χ0) is 34.1. The molecule has 4 aromatic rings. The van der Waals surface area contributed by atoms with Crippen molar-refractivity contribution in [2.24, 2.45) is 0 Å². The smallest absolute Gasteiger partial charge is 0.262 e. The number of carbonyl (C=O) groups excluding carboxylic acids is 6. The summed E-state index contributed by atoms with van der Waals surface area (Å²) >= 11 is 0. The van der Waals surface area contributed by atoms with E-state index in [9.17, 15) is 28.8 Å². The van der Waals surface area contributed by atoms with Crippen molar-refractivity contribution in [3.8, 4) is 11.3 Å². The van der Waals surface area contributed by atoms with Crippen LogP contribution in [0, 0.1) is 0 Å². The Morgan fingerprint density at radius 2 is 1.63 bits per heavy atom. The molecule has 0 spiro atoms. The molecule has 1 unspecified atom stereocenters. The second kappa shape index (κ2) is 13.4. The summed E-state index contributed by atoms with van der Waals surface area (Å²) in [5.41, 5.74) is 3.92. The summed E-state index contributed by atoms with van der Waals surface area (Å²) in [6.45, 7) is 1.27. The van der Waals surface area contributed by atoms with Crippen molar-refractivity contribution in [2.75, 3.05) is 18.4 Å². The van der Waals surface area contributed by atoms with Gasteiger partial charge >= 0.3 is 0 Å². The molecular weight excluding hydrogens is 628 g/mol. The molecule has 0 radical (unpaired) electrons. The quantitative estimate of drug-likeness (QED) is 0.201. The predicted molar refractivity (Wildman–Crippen MR) is 176 cm³/mol. The van der Waals surface area contributed by atoms with Crippen molar-refractivity contribution in [3.63, 3.8) is 0 Å². The maximum absolute atomic E-state index is 13.0. The highest BCUT2D eigenvalue weighted by atomic mass is 16.2. The first-order chi connectivity index (χ1) is 23.7.